The number of anilines is 1. The Labute approximate surface area is 133 Å². The summed E-state index contributed by atoms with van der Waals surface area (Å²) < 4.78 is 18.5. The minimum absolute atomic E-state index is 0.180. The molecule has 0 fully saturated rings. The Kier molecular flexibility index (Phi) is 5.21. The SMILES string of the molecule is Cc1ccc(C[NH+](C)[C@@H](C)C(=O)Nc2ccc(F)cc2Cl)o1. The molecule has 0 aliphatic rings. The molecule has 0 spiro atoms. The number of carbonyl (C=O) groups excluding carboxylic acids is 1. The summed E-state index contributed by atoms with van der Waals surface area (Å²) in [5.41, 5.74) is 0.404. The standard InChI is InChI=1S/C16H18ClFN2O2/c1-10-4-6-13(22-10)9-20(3)11(2)16(21)19-15-7-5-12(18)8-14(15)17/h4-8,11H,9H2,1-3H3,(H,19,21)/p+1/t11-/m0/s1. The van der Waals surface area contributed by atoms with E-state index in [1.807, 2.05) is 33.0 Å². The van der Waals surface area contributed by atoms with Crippen LogP contribution in [0.15, 0.2) is 34.7 Å². The van der Waals surface area contributed by atoms with Crippen LogP contribution in [-0.2, 0) is 11.3 Å². The number of benzene rings is 1. The van der Waals surface area contributed by atoms with E-state index in [2.05, 4.69) is 5.32 Å². The van der Waals surface area contributed by atoms with Crippen LogP contribution in [-0.4, -0.2) is 19.0 Å². The Bertz CT molecular complexity index is 672. The van der Waals surface area contributed by atoms with Gasteiger partial charge < -0.3 is 14.6 Å². The number of likely N-dealkylation sites (N-methyl/N-ethyl adjacent to an activating group) is 1. The van der Waals surface area contributed by atoms with Crippen LogP contribution < -0.4 is 10.2 Å². The van der Waals surface area contributed by atoms with Gasteiger partial charge in [0.2, 0.25) is 0 Å². The van der Waals surface area contributed by atoms with Gasteiger partial charge in [0.05, 0.1) is 17.8 Å². The summed E-state index contributed by atoms with van der Waals surface area (Å²) in [5.74, 6) is 1.05. The number of nitrogens with one attached hydrogen (secondary N) is 2. The monoisotopic (exact) mass is 325 g/mol. The van der Waals surface area contributed by atoms with E-state index in [4.69, 9.17) is 16.0 Å². The van der Waals surface area contributed by atoms with Crippen molar-refractivity contribution in [2.45, 2.75) is 26.4 Å². The van der Waals surface area contributed by atoms with E-state index in [0.717, 1.165) is 16.4 Å². The number of rotatable bonds is 5. The molecule has 1 amide bonds. The molecule has 2 aromatic rings. The van der Waals surface area contributed by atoms with Crippen molar-refractivity contribution < 1.29 is 18.5 Å². The maximum Gasteiger partial charge on any atom is 0.282 e. The Morgan fingerprint density at radius 1 is 1.41 bits per heavy atom. The average Bonchev–Trinajstić information content (AvgIpc) is 2.86. The van der Waals surface area contributed by atoms with Gasteiger partial charge in [-0.3, -0.25) is 4.79 Å². The summed E-state index contributed by atoms with van der Waals surface area (Å²) in [5, 5.41) is 2.90. The number of carbonyl (C=O) groups is 1. The molecule has 118 valence electrons. The fourth-order valence-corrected chi connectivity index (χ4v) is 2.28. The van der Waals surface area contributed by atoms with Gasteiger partial charge in [-0.2, -0.15) is 0 Å². The van der Waals surface area contributed by atoms with Gasteiger partial charge in [-0.25, -0.2) is 4.39 Å². The van der Waals surface area contributed by atoms with Crippen molar-refractivity contribution in [1.29, 1.82) is 0 Å². The average molecular weight is 326 g/mol. The van der Waals surface area contributed by atoms with Crippen molar-refractivity contribution in [3.8, 4) is 0 Å². The van der Waals surface area contributed by atoms with Crippen molar-refractivity contribution in [3.63, 3.8) is 0 Å². The lowest BCUT2D eigenvalue weighted by atomic mass is 10.2. The lowest BCUT2D eigenvalue weighted by molar-refractivity contribution is -0.908. The molecule has 6 heteroatoms. The number of halogens is 2. The van der Waals surface area contributed by atoms with Crippen LogP contribution in [0.4, 0.5) is 10.1 Å². The van der Waals surface area contributed by atoms with E-state index in [1.54, 1.807) is 0 Å². The summed E-state index contributed by atoms with van der Waals surface area (Å²) in [4.78, 5) is 13.2. The van der Waals surface area contributed by atoms with Crippen LogP contribution in [0.3, 0.4) is 0 Å². The zero-order chi connectivity index (χ0) is 16.3. The van der Waals surface area contributed by atoms with Gasteiger partial charge in [-0.1, -0.05) is 11.6 Å². The first kappa shape index (κ1) is 16.5. The molecule has 0 aliphatic carbocycles. The highest BCUT2D eigenvalue weighted by Crippen LogP contribution is 2.22. The molecule has 1 unspecified atom stereocenters. The highest BCUT2D eigenvalue weighted by molar-refractivity contribution is 6.33. The zero-order valence-electron chi connectivity index (χ0n) is 12.7. The van der Waals surface area contributed by atoms with Gasteiger partial charge in [0.1, 0.15) is 18.1 Å². The van der Waals surface area contributed by atoms with Gasteiger partial charge in [0.25, 0.3) is 5.91 Å². The van der Waals surface area contributed by atoms with Crippen molar-refractivity contribution in [3.05, 3.63) is 52.7 Å². The molecular formula is C16H19ClFN2O2+. The van der Waals surface area contributed by atoms with Crippen molar-refractivity contribution in [1.82, 2.24) is 0 Å². The molecule has 1 aromatic heterocycles. The first-order chi connectivity index (χ1) is 10.4. The minimum atomic E-state index is -0.438. The first-order valence-electron chi connectivity index (χ1n) is 7.00. The third-order valence-electron chi connectivity index (χ3n) is 3.57. The normalized spacial score (nSPS) is 13.7. The summed E-state index contributed by atoms with van der Waals surface area (Å²) in [7, 11) is 1.91. The van der Waals surface area contributed by atoms with Gasteiger partial charge in [-0.05, 0) is 44.2 Å². The number of quaternary nitrogens is 1. The Morgan fingerprint density at radius 3 is 2.73 bits per heavy atom. The Balaban J connectivity index is 1.98. The molecule has 0 aliphatic heterocycles. The number of hydrogen-bond donors (Lipinski definition) is 2. The van der Waals surface area contributed by atoms with Crippen LogP contribution in [0.25, 0.3) is 0 Å². The summed E-state index contributed by atoms with van der Waals surface area (Å²) in [6.45, 7) is 4.29. The van der Waals surface area contributed by atoms with E-state index < -0.39 is 5.82 Å². The van der Waals surface area contributed by atoms with Crippen LogP contribution in [0.5, 0.6) is 0 Å². The molecular weight excluding hydrogens is 307 g/mol. The summed E-state index contributed by atoms with van der Waals surface area (Å²) in [6, 6.07) is 7.37. The predicted octanol–water partition coefficient (Wildman–Crippen LogP) is 2.42. The predicted molar refractivity (Wildman–Crippen MR) is 83.5 cm³/mol. The number of hydrogen-bond acceptors (Lipinski definition) is 2. The smallest absolute Gasteiger partial charge is 0.282 e. The van der Waals surface area contributed by atoms with Gasteiger partial charge >= 0.3 is 0 Å². The third kappa shape index (κ3) is 4.08. The number of amides is 1. The lowest BCUT2D eigenvalue weighted by Gasteiger charge is -2.20. The number of furan rings is 1. The van der Waals surface area contributed by atoms with Crippen LogP contribution in [0, 0.1) is 12.7 Å². The quantitative estimate of drug-likeness (QED) is 0.887. The first-order valence-corrected chi connectivity index (χ1v) is 7.38. The molecule has 0 saturated carbocycles. The van der Waals surface area contributed by atoms with Gasteiger partial charge in [0.15, 0.2) is 11.8 Å². The van der Waals surface area contributed by atoms with Crippen LogP contribution in [0.2, 0.25) is 5.02 Å². The number of aryl methyl sites for hydroxylation is 1. The summed E-state index contributed by atoms with van der Waals surface area (Å²) in [6.07, 6.45) is 0. The molecule has 1 heterocycles. The van der Waals surface area contributed by atoms with Crippen molar-refractivity contribution in [2.75, 3.05) is 12.4 Å². The van der Waals surface area contributed by atoms with E-state index in [-0.39, 0.29) is 17.0 Å². The van der Waals surface area contributed by atoms with Gasteiger partial charge in [-0.15, -0.1) is 0 Å². The third-order valence-corrected chi connectivity index (χ3v) is 3.88. The molecule has 22 heavy (non-hydrogen) atoms. The van der Waals surface area contributed by atoms with E-state index >= 15 is 0 Å². The largest absolute Gasteiger partial charge is 0.460 e. The Morgan fingerprint density at radius 2 is 2.14 bits per heavy atom. The minimum Gasteiger partial charge on any atom is -0.460 e. The van der Waals surface area contributed by atoms with Crippen molar-refractivity contribution in [2.24, 2.45) is 0 Å². The highest BCUT2D eigenvalue weighted by atomic mass is 35.5. The zero-order valence-corrected chi connectivity index (χ0v) is 13.5. The van der Waals surface area contributed by atoms with Crippen molar-refractivity contribution >= 4 is 23.2 Å². The molecule has 1 aromatic carbocycles. The Hall–Kier alpha value is -1.85. The van der Waals surface area contributed by atoms with Crippen LogP contribution in [0.1, 0.15) is 18.4 Å². The fraction of sp³-hybridized carbons (Fsp3) is 0.312. The second-order valence-electron chi connectivity index (χ2n) is 5.37. The molecule has 2 N–H and O–H groups in total. The van der Waals surface area contributed by atoms with E-state index in [9.17, 15) is 9.18 Å². The maximum absolute atomic E-state index is 13.0. The summed E-state index contributed by atoms with van der Waals surface area (Å²) >= 11 is 5.91. The molecule has 2 rings (SSSR count). The van der Waals surface area contributed by atoms with Gasteiger partial charge in [0, 0.05) is 0 Å². The topological polar surface area (TPSA) is 46.7 Å². The van der Waals surface area contributed by atoms with E-state index in [1.165, 1.54) is 18.2 Å². The molecule has 0 bridgehead atoms. The highest BCUT2D eigenvalue weighted by Gasteiger charge is 2.23. The molecule has 0 saturated heterocycles. The van der Waals surface area contributed by atoms with Crippen LogP contribution >= 0.6 is 11.6 Å². The lowest BCUT2D eigenvalue weighted by Crippen LogP contribution is -3.12. The second-order valence-corrected chi connectivity index (χ2v) is 5.78. The molecule has 2 atom stereocenters. The van der Waals surface area contributed by atoms with E-state index in [0.29, 0.717) is 12.2 Å². The molecule has 0 radical (unpaired) electrons. The second kappa shape index (κ2) is 6.94. The fourth-order valence-electron chi connectivity index (χ4n) is 2.06. The molecule has 4 nitrogen and oxygen atoms in total. The maximum atomic E-state index is 13.0.